The molecule has 7 heteroatoms. The Bertz CT molecular complexity index is 364. The molecule has 0 spiro atoms. The lowest BCUT2D eigenvalue weighted by molar-refractivity contribution is -0.141. The van der Waals surface area contributed by atoms with E-state index in [2.05, 4.69) is 37.8 Å². The highest BCUT2D eigenvalue weighted by atomic mass is 79.9. The molecular formula is C8H7BrF3N3. The van der Waals surface area contributed by atoms with Crippen LogP contribution in [0.3, 0.4) is 0 Å². The summed E-state index contributed by atoms with van der Waals surface area (Å²) in [6, 6.07) is 0.814. The minimum atomic E-state index is -4.45. The molecule has 1 heterocycles. The molecule has 0 fully saturated rings. The Morgan fingerprint density at radius 1 is 1.53 bits per heavy atom. The van der Waals surface area contributed by atoms with Gasteiger partial charge in [0.15, 0.2) is 0 Å². The number of nitrogens with one attached hydrogen (secondary N) is 1. The molecule has 0 aliphatic heterocycles. The van der Waals surface area contributed by atoms with Gasteiger partial charge in [-0.2, -0.15) is 13.2 Å². The number of nitrogens with zero attached hydrogens (tertiary/aromatic N) is 2. The third-order valence-electron chi connectivity index (χ3n) is 1.38. The van der Waals surface area contributed by atoms with Crippen molar-refractivity contribution in [3.63, 3.8) is 0 Å². The van der Waals surface area contributed by atoms with Gasteiger partial charge in [-0.15, -0.1) is 0 Å². The molecule has 1 N–H and O–H groups in total. The van der Waals surface area contributed by atoms with E-state index in [0.29, 0.717) is 4.48 Å². The Balaban J connectivity index is 2.79. The number of halogens is 4. The molecule has 0 unspecified atom stereocenters. The lowest BCUT2D eigenvalue weighted by Gasteiger charge is -2.07. The van der Waals surface area contributed by atoms with E-state index in [4.69, 9.17) is 0 Å². The highest BCUT2D eigenvalue weighted by molar-refractivity contribution is 9.11. The molecule has 15 heavy (non-hydrogen) atoms. The van der Waals surface area contributed by atoms with Crippen LogP contribution in [0.1, 0.15) is 5.69 Å². The molecule has 0 radical (unpaired) electrons. The normalized spacial score (nSPS) is 11.2. The smallest absolute Gasteiger partial charge is 0.350 e. The van der Waals surface area contributed by atoms with Gasteiger partial charge in [-0.3, -0.25) is 0 Å². The van der Waals surface area contributed by atoms with Crippen molar-refractivity contribution >= 4 is 21.9 Å². The number of aromatic nitrogens is 2. The quantitative estimate of drug-likeness (QED) is 0.926. The predicted molar refractivity (Wildman–Crippen MR) is 53.6 cm³/mol. The van der Waals surface area contributed by atoms with Crippen molar-refractivity contribution < 1.29 is 13.2 Å². The summed E-state index contributed by atoms with van der Waals surface area (Å²) in [6.07, 6.45) is -3.40. The van der Waals surface area contributed by atoms with Crippen molar-refractivity contribution in [2.24, 2.45) is 0 Å². The van der Waals surface area contributed by atoms with Gasteiger partial charge in [0, 0.05) is 17.2 Å². The van der Waals surface area contributed by atoms with Crippen LogP contribution in [0.2, 0.25) is 0 Å². The van der Waals surface area contributed by atoms with Crippen molar-refractivity contribution in [2.75, 3.05) is 11.9 Å². The molecule has 1 rings (SSSR count). The Morgan fingerprint density at radius 3 is 2.73 bits per heavy atom. The van der Waals surface area contributed by atoms with Crippen LogP contribution in [0.5, 0.6) is 0 Å². The first-order valence-corrected chi connectivity index (χ1v) is 4.66. The van der Waals surface area contributed by atoms with E-state index in [1.807, 2.05) is 0 Å². The summed E-state index contributed by atoms with van der Waals surface area (Å²) in [6.45, 7) is 3.78. The standard InChI is InChI=1S/C8H7BrF3N3/c1-5(9)4-14-7-13-3-2-6(15-7)8(10,11)12/h2-3H,1,4H2,(H,13,14,15). The Hall–Kier alpha value is -1.11. The molecule has 82 valence electrons. The first kappa shape index (κ1) is 12.0. The number of hydrogen-bond donors (Lipinski definition) is 1. The SMILES string of the molecule is C=C(Br)CNc1nccc(C(F)(F)F)n1. The molecule has 1 aromatic heterocycles. The van der Waals surface area contributed by atoms with E-state index in [1.165, 1.54) is 0 Å². The molecule has 0 aromatic carbocycles. The molecule has 0 amide bonds. The molecule has 0 aliphatic rings. The highest BCUT2D eigenvalue weighted by Gasteiger charge is 2.32. The van der Waals surface area contributed by atoms with Gasteiger partial charge in [0.25, 0.3) is 0 Å². The van der Waals surface area contributed by atoms with Gasteiger partial charge >= 0.3 is 6.18 Å². The van der Waals surface area contributed by atoms with Gasteiger partial charge in [0.2, 0.25) is 5.95 Å². The number of anilines is 1. The van der Waals surface area contributed by atoms with Gasteiger partial charge < -0.3 is 5.32 Å². The summed E-state index contributed by atoms with van der Waals surface area (Å²) in [5.74, 6) is -0.0783. The zero-order valence-electron chi connectivity index (χ0n) is 7.48. The third kappa shape index (κ3) is 3.86. The first-order chi connectivity index (χ1) is 6.89. The Morgan fingerprint density at radius 2 is 2.20 bits per heavy atom. The fraction of sp³-hybridized carbons (Fsp3) is 0.250. The fourth-order valence-corrected chi connectivity index (χ4v) is 0.917. The van der Waals surface area contributed by atoms with Gasteiger partial charge in [0.05, 0.1) is 0 Å². The second-order valence-electron chi connectivity index (χ2n) is 2.63. The molecule has 0 atom stereocenters. The van der Waals surface area contributed by atoms with Crippen LogP contribution in [-0.2, 0) is 6.18 Å². The van der Waals surface area contributed by atoms with E-state index in [0.717, 1.165) is 12.3 Å². The summed E-state index contributed by atoms with van der Waals surface area (Å²) < 4.78 is 37.3. The van der Waals surface area contributed by atoms with Crippen LogP contribution >= 0.6 is 15.9 Å². The van der Waals surface area contributed by atoms with Crippen LogP contribution in [0.25, 0.3) is 0 Å². The molecule has 0 saturated carbocycles. The first-order valence-electron chi connectivity index (χ1n) is 3.87. The lowest BCUT2D eigenvalue weighted by atomic mass is 10.4. The Labute approximate surface area is 92.6 Å². The van der Waals surface area contributed by atoms with Gasteiger partial charge in [-0.25, -0.2) is 9.97 Å². The highest BCUT2D eigenvalue weighted by Crippen LogP contribution is 2.27. The van der Waals surface area contributed by atoms with Gasteiger partial charge in [-0.05, 0) is 6.07 Å². The molecule has 1 aromatic rings. The molecular weight excluding hydrogens is 275 g/mol. The summed E-state index contributed by atoms with van der Waals surface area (Å²) in [5, 5.41) is 2.59. The monoisotopic (exact) mass is 281 g/mol. The average molecular weight is 282 g/mol. The molecule has 3 nitrogen and oxygen atoms in total. The number of alkyl halides is 3. The molecule has 0 bridgehead atoms. The van der Waals surface area contributed by atoms with E-state index >= 15 is 0 Å². The van der Waals surface area contributed by atoms with Crippen molar-refractivity contribution in [3.05, 3.63) is 29.0 Å². The van der Waals surface area contributed by atoms with Crippen molar-refractivity contribution in [2.45, 2.75) is 6.18 Å². The Kier molecular flexibility index (Phi) is 3.67. The number of hydrogen-bond acceptors (Lipinski definition) is 3. The summed E-state index contributed by atoms with van der Waals surface area (Å²) in [5.41, 5.74) is -0.972. The summed E-state index contributed by atoms with van der Waals surface area (Å²) in [4.78, 5) is 6.95. The van der Waals surface area contributed by atoms with Crippen molar-refractivity contribution in [1.29, 1.82) is 0 Å². The van der Waals surface area contributed by atoms with Crippen LogP contribution in [0, 0.1) is 0 Å². The zero-order valence-corrected chi connectivity index (χ0v) is 9.06. The largest absolute Gasteiger partial charge is 0.433 e. The van der Waals surface area contributed by atoms with E-state index in [9.17, 15) is 13.2 Å². The maximum Gasteiger partial charge on any atom is 0.433 e. The minimum absolute atomic E-state index is 0.0783. The van der Waals surface area contributed by atoms with E-state index in [-0.39, 0.29) is 12.5 Å². The van der Waals surface area contributed by atoms with E-state index in [1.54, 1.807) is 0 Å². The van der Waals surface area contributed by atoms with Crippen LogP contribution in [0.15, 0.2) is 23.3 Å². The maximum absolute atomic E-state index is 12.2. The predicted octanol–water partition coefficient (Wildman–Crippen LogP) is 2.82. The molecule has 0 aliphatic carbocycles. The lowest BCUT2D eigenvalue weighted by Crippen LogP contribution is -2.12. The van der Waals surface area contributed by atoms with Gasteiger partial charge in [0.1, 0.15) is 5.69 Å². The third-order valence-corrected chi connectivity index (χ3v) is 1.66. The van der Waals surface area contributed by atoms with Crippen molar-refractivity contribution in [3.8, 4) is 0 Å². The summed E-state index contributed by atoms with van der Waals surface area (Å²) in [7, 11) is 0. The summed E-state index contributed by atoms with van der Waals surface area (Å²) >= 11 is 3.06. The fourth-order valence-electron chi connectivity index (χ4n) is 0.777. The van der Waals surface area contributed by atoms with E-state index < -0.39 is 11.9 Å². The topological polar surface area (TPSA) is 37.8 Å². The van der Waals surface area contributed by atoms with Crippen LogP contribution < -0.4 is 5.32 Å². The van der Waals surface area contributed by atoms with Crippen LogP contribution in [0.4, 0.5) is 19.1 Å². The maximum atomic E-state index is 12.2. The average Bonchev–Trinajstić information content (AvgIpc) is 2.14. The second-order valence-corrected chi connectivity index (χ2v) is 3.76. The van der Waals surface area contributed by atoms with Crippen molar-refractivity contribution in [1.82, 2.24) is 9.97 Å². The zero-order chi connectivity index (χ0) is 11.5. The van der Waals surface area contributed by atoms with Gasteiger partial charge in [-0.1, -0.05) is 22.5 Å². The number of rotatable bonds is 3. The second kappa shape index (κ2) is 4.61. The van der Waals surface area contributed by atoms with Crippen LogP contribution in [-0.4, -0.2) is 16.5 Å². The molecule has 0 saturated heterocycles. The minimum Gasteiger partial charge on any atom is -0.350 e.